The number of H-pyrrole nitrogens is 1. The van der Waals surface area contributed by atoms with Crippen LogP contribution >= 0.6 is 0 Å². The molecule has 0 radical (unpaired) electrons. The molecule has 7 nitrogen and oxygen atoms in total. The molecule has 1 heterocycles. The number of para-hydroxylation sites is 1. The quantitative estimate of drug-likeness (QED) is 0.623. The van der Waals surface area contributed by atoms with Gasteiger partial charge in [-0.2, -0.15) is 0 Å². The van der Waals surface area contributed by atoms with Crippen molar-refractivity contribution >= 4 is 28.6 Å². The van der Waals surface area contributed by atoms with Gasteiger partial charge in [-0.15, -0.1) is 0 Å². The third-order valence-electron chi connectivity index (χ3n) is 3.96. The molecule has 0 aliphatic heterocycles. The Morgan fingerprint density at radius 3 is 2.70 bits per heavy atom. The average Bonchev–Trinajstić information content (AvgIpc) is 2.99. The second-order valence-corrected chi connectivity index (χ2v) is 6.72. The van der Waals surface area contributed by atoms with Crippen molar-refractivity contribution in [2.24, 2.45) is 5.92 Å². The van der Waals surface area contributed by atoms with Crippen molar-refractivity contribution in [2.45, 2.75) is 26.8 Å². The molecular weight excluding hydrogens is 346 g/mol. The van der Waals surface area contributed by atoms with Crippen molar-refractivity contribution in [3.8, 4) is 0 Å². The predicted octanol–water partition coefficient (Wildman–Crippen LogP) is 3.04. The number of oxazole rings is 1. The number of hydrogen-bond acceptors (Lipinski definition) is 4. The zero-order valence-electron chi connectivity index (χ0n) is 15.2. The van der Waals surface area contributed by atoms with E-state index in [4.69, 9.17) is 4.42 Å². The number of aromatic nitrogens is 1. The van der Waals surface area contributed by atoms with Crippen molar-refractivity contribution in [2.75, 3.05) is 5.32 Å². The van der Waals surface area contributed by atoms with E-state index in [9.17, 15) is 14.4 Å². The minimum Gasteiger partial charge on any atom is -0.408 e. The first-order valence-electron chi connectivity index (χ1n) is 8.71. The first kappa shape index (κ1) is 18.4. The number of amides is 2. The van der Waals surface area contributed by atoms with Crippen LogP contribution in [0.3, 0.4) is 0 Å². The number of rotatable bonds is 6. The summed E-state index contributed by atoms with van der Waals surface area (Å²) < 4.78 is 4.97. The van der Waals surface area contributed by atoms with Crippen LogP contribution in [0.25, 0.3) is 11.1 Å². The molecule has 7 heteroatoms. The van der Waals surface area contributed by atoms with Gasteiger partial charge in [0.25, 0.3) is 5.91 Å². The molecular formula is C20H21N3O4. The van der Waals surface area contributed by atoms with Gasteiger partial charge in [-0.1, -0.05) is 32.0 Å². The molecule has 0 aliphatic carbocycles. The molecule has 3 rings (SSSR count). The van der Waals surface area contributed by atoms with Crippen molar-refractivity contribution in [1.29, 1.82) is 0 Å². The van der Waals surface area contributed by atoms with Crippen LogP contribution in [0.2, 0.25) is 0 Å². The van der Waals surface area contributed by atoms with Gasteiger partial charge < -0.3 is 15.1 Å². The van der Waals surface area contributed by atoms with Gasteiger partial charge in [0.15, 0.2) is 5.58 Å². The van der Waals surface area contributed by atoms with Gasteiger partial charge >= 0.3 is 5.76 Å². The molecule has 0 unspecified atom stereocenters. The molecule has 0 atom stereocenters. The lowest BCUT2D eigenvalue weighted by Gasteiger charge is -2.10. The van der Waals surface area contributed by atoms with E-state index in [0.29, 0.717) is 28.8 Å². The van der Waals surface area contributed by atoms with Crippen LogP contribution in [0.15, 0.2) is 51.7 Å². The van der Waals surface area contributed by atoms with E-state index in [0.717, 1.165) is 5.56 Å². The van der Waals surface area contributed by atoms with Crippen LogP contribution in [0.4, 0.5) is 5.69 Å². The van der Waals surface area contributed by atoms with Crippen LogP contribution in [-0.2, 0) is 11.3 Å². The molecule has 3 aromatic rings. The maximum atomic E-state index is 12.5. The number of nitrogens with one attached hydrogen (secondary N) is 3. The maximum absolute atomic E-state index is 12.5. The van der Waals surface area contributed by atoms with Crippen LogP contribution in [0.1, 0.15) is 36.2 Å². The van der Waals surface area contributed by atoms with E-state index in [-0.39, 0.29) is 24.3 Å². The van der Waals surface area contributed by atoms with Crippen LogP contribution in [0, 0.1) is 5.92 Å². The number of anilines is 1. The molecule has 1 aromatic heterocycles. The fourth-order valence-corrected chi connectivity index (χ4v) is 2.78. The molecule has 27 heavy (non-hydrogen) atoms. The Hall–Kier alpha value is -3.35. The molecule has 0 fully saturated rings. The molecule has 0 spiro atoms. The lowest BCUT2D eigenvalue weighted by molar-refractivity contribution is -0.116. The van der Waals surface area contributed by atoms with Crippen molar-refractivity contribution in [3.63, 3.8) is 0 Å². The summed E-state index contributed by atoms with van der Waals surface area (Å²) in [6.07, 6.45) is 0.452. The summed E-state index contributed by atoms with van der Waals surface area (Å²) in [4.78, 5) is 38.2. The Balaban J connectivity index is 1.67. The number of aromatic amines is 1. The molecule has 0 saturated heterocycles. The summed E-state index contributed by atoms with van der Waals surface area (Å²) in [7, 11) is 0. The van der Waals surface area contributed by atoms with Crippen molar-refractivity contribution in [1.82, 2.24) is 10.3 Å². The molecule has 2 aromatic carbocycles. The topological polar surface area (TPSA) is 104 Å². The zero-order chi connectivity index (χ0) is 19.4. The Bertz CT molecular complexity index is 1030. The van der Waals surface area contributed by atoms with Gasteiger partial charge in [-0.3, -0.25) is 14.6 Å². The maximum Gasteiger partial charge on any atom is 0.417 e. The summed E-state index contributed by atoms with van der Waals surface area (Å²) in [6, 6.07) is 12.2. The third kappa shape index (κ3) is 4.63. The summed E-state index contributed by atoms with van der Waals surface area (Å²) in [5.41, 5.74) is 2.57. The van der Waals surface area contributed by atoms with Gasteiger partial charge in [0.1, 0.15) is 0 Å². The Morgan fingerprint density at radius 1 is 1.15 bits per heavy atom. The Labute approximate surface area is 155 Å². The Kier molecular flexibility index (Phi) is 5.40. The zero-order valence-corrected chi connectivity index (χ0v) is 15.2. The van der Waals surface area contributed by atoms with Gasteiger partial charge in [0, 0.05) is 18.7 Å². The number of carbonyl (C=O) groups is 2. The van der Waals surface area contributed by atoms with Gasteiger partial charge in [-0.05, 0) is 35.7 Å². The standard InChI is InChI=1S/C20H21N3O4/c1-12(2)9-17(24)22-14-6-3-5-13(10-14)11-21-19(25)15-7-4-8-16-18(15)23-20(26)27-16/h3-8,10,12H,9,11H2,1-2H3,(H,21,25)(H,22,24)(H,23,26). The lowest BCUT2D eigenvalue weighted by atomic mass is 10.1. The summed E-state index contributed by atoms with van der Waals surface area (Å²) in [5.74, 6) is -0.687. The minimum absolute atomic E-state index is 0.0400. The van der Waals surface area contributed by atoms with Gasteiger partial charge in [0.05, 0.1) is 11.1 Å². The smallest absolute Gasteiger partial charge is 0.408 e. The molecule has 3 N–H and O–H groups in total. The van der Waals surface area contributed by atoms with E-state index in [1.807, 2.05) is 32.0 Å². The second-order valence-electron chi connectivity index (χ2n) is 6.72. The molecule has 0 saturated carbocycles. The van der Waals surface area contributed by atoms with Crippen LogP contribution in [0.5, 0.6) is 0 Å². The summed E-state index contributed by atoms with van der Waals surface area (Å²) in [6.45, 7) is 4.25. The van der Waals surface area contributed by atoms with E-state index in [2.05, 4.69) is 15.6 Å². The fourth-order valence-electron chi connectivity index (χ4n) is 2.78. The van der Waals surface area contributed by atoms with Crippen molar-refractivity contribution < 1.29 is 14.0 Å². The van der Waals surface area contributed by atoms with E-state index < -0.39 is 5.76 Å². The molecule has 0 aliphatic rings. The number of carbonyl (C=O) groups excluding carboxylic acids is 2. The normalized spacial score (nSPS) is 10.9. The second kappa shape index (κ2) is 7.90. The highest BCUT2D eigenvalue weighted by Gasteiger charge is 2.13. The van der Waals surface area contributed by atoms with E-state index in [1.54, 1.807) is 24.3 Å². The fraction of sp³-hybridized carbons (Fsp3) is 0.250. The van der Waals surface area contributed by atoms with Crippen LogP contribution in [-0.4, -0.2) is 16.8 Å². The lowest BCUT2D eigenvalue weighted by Crippen LogP contribution is -2.23. The number of benzene rings is 2. The highest BCUT2D eigenvalue weighted by atomic mass is 16.4. The van der Waals surface area contributed by atoms with Crippen molar-refractivity contribution in [3.05, 3.63) is 64.1 Å². The highest BCUT2D eigenvalue weighted by molar-refractivity contribution is 6.04. The molecule has 0 bridgehead atoms. The number of hydrogen-bond donors (Lipinski definition) is 3. The number of fused-ring (bicyclic) bond motifs is 1. The predicted molar refractivity (Wildman–Crippen MR) is 103 cm³/mol. The van der Waals surface area contributed by atoms with Crippen LogP contribution < -0.4 is 16.4 Å². The first-order valence-corrected chi connectivity index (χ1v) is 8.71. The van der Waals surface area contributed by atoms with Gasteiger partial charge in [-0.25, -0.2) is 4.79 Å². The molecule has 140 valence electrons. The van der Waals surface area contributed by atoms with E-state index >= 15 is 0 Å². The monoisotopic (exact) mass is 367 g/mol. The average molecular weight is 367 g/mol. The first-order chi connectivity index (χ1) is 12.9. The summed E-state index contributed by atoms with van der Waals surface area (Å²) >= 11 is 0. The SMILES string of the molecule is CC(C)CC(=O)Nc1cccc(CNC(=O)c2cccc3oc(=O)[nH]c23)c1. The molecule has 2 amide bonds. The highest BCUT2D eigenvalue weighted by Crippen LogP contribution is 2.16. The van der Waals surface area contributed by atoms with Gasteiger partial charge in [0.2, 0.25) is 5.91 Å². The Morgan fingerprint density at radius 2 is 1.93 bits per heavy atom. The summed E-state index contributed by atoms with van der Waals surface area (Å²) in [5, 5.41) is 5.67. The van der Waals surface area contributed by atoms with E-state index in [1.165, 1.54) is 0 Å². The largest absolute Gasteiger partial charge is 0.417 e. The third-order valence-corrected chi connectivity index (χ3v) is 3.96. The minimum atomic E-state index is -0.602.